The number of anilines is 2. The number of hydrogen-bond acceptors (Lipinski definition) is 4. The lowest BCUT2D eigenvalue weighted by Gasteiger charge is -2.25. The zero-order valence-electron chi connectivity index (χ0n) is 9.59. The van der Waals surface area contributed by atoms with Crippen molar-refractivity contribution in [2.75, 3.05) is 4.31 Å². The van der Waals surface area contributed by atoms with Gasteiger partial charge in [-0.25, -0.2) is 9.78 Å². The Balaban J connectivity index is 2.40. The predicted octanol–water partition coefficient (Wildman–Crippen LogP) is 1.71. The summed E-state index contributed by atoms with van der Waals surface area (Å²) in [6.07, 6.45) is 1.47. The molecule has 19 heavy (non-hydrogen) atoms. The Morgan fingerprint density at radius 1 is 1.21 bits per heavy atom. The largest absolute Gasteiger partial charge is 0.755 e. The molecule has 0 bridgehead atoms. The number of aromatic nitrogens is 1. The van der Waals surface area contributed by atoms with Crippen LogP contribution >= 0.6 is 0 Å². The van der Waals surface area contributed by atoms with E-state index in [0.717, 1.165) is 4.31 Å². The third kappa shape index (κ3) is 2.95. The van der Waals surface area contributed by atoms with E-state index >= 15 is 0 Å². The zero-order valence-corrected chi connectivity index (χ0v) is 10.4. The standard InChI is InChI=1S/C12H10N2O4S/c15-12(16)9-4-6-10(7-5-9)14(19(17)18)11-3-1-2-8-13-11/h1-8H,(H,15,16)(H,17,18)/p-1. The molecule has 1 aromatic heterocycles. The number of aromatic carboxylic acids is 1. The lowest BCUT2D eigenvalue weighted by Crippen LogP contribution is -2.20. The van der Waals surface area contributed by atoms with Crippen LogP contribution in [0.5, 0.6) is 0 Å². The van der Waals surface area contributed by atoms with Crippen molar-refractivity contribution in [3.63, 3.8) is 0 Å². The molecule has 1 aromatic carbocycles. The molecule has 0 aliphatic carbocycles. The highest BCUT2D eigenvalue weighted by molar-refractivity contribution is 7.81. The van der Waals surface area contributed by atoms with Gasteiger partial charge in [-0.3, -0.25) is 8.51 Å². The fraction of sp³-hybridized carbons (Fsp3) is 0. The van der Waals surface area contributed by atoms with Crippen molar-refractivity contribution >= 4 is 28.7 Å². The molecular formula is C12H9N2O4S-. The molecule has 2 aromatic rings. The molecule has 1 N–H and O–H groups in total. The summed E-state index contributed by atoms with van der Waals surface area (Å²) >= 11 is -2.55. The van der Waals surface area contributed by atoms with Crippen LogP contribution in [-0.2, 0) is 11.3 Å². The van der Waals surface area contributed by atoms with Gasteiger partial charge in [-0.15, -0.1) is 0 Å². The molecule has 0 saturated carbocycles. The minimum atomic E-state index is -2.55. The van der Waals surface area contributed by atoms with Crippen molar-refractivity contribution in [3.05, 3.63) is 54.2 Å². The van der Waals surface area contributed by atoms with E-state index in [4.69, 9.17) is 5.11 Å². The average Bonchev–Trinajstić information content (AvgIpc) is 2.40. The lowest BCUT2D eigenvalue weighted by atomic mass is 10.2. The summed E-state index contributed by atoms with van der Waals surface area (Å²) in [5.74, 6) is -0.835. The number of hydrogen-bond donors (Lipinski definition) is 1. The zero-order chi connectivity index (χ0) is 13.8. The van der Waals surface area contributed by atoms with Gasteiger partial charge in [-0.05, 0) is 36.4 Å². The summed E-state index contributed by atoms with van der Waals surface area (Å²) < 4.78 is 23.6. The van der Waals surface area contributed by atoms with Gasteiger partial charge in [0.25, 0.3) is 0 Å². The van der Waals surface area contributed by atoms with E-state index in [1.54, 1.807) is 18.2 Å². The van der Waals surface area contributed by atoms with Crippen LogP contribution in [0.3, 0.4) is 0 Å². The maximum Gasteiger partial charge on any atom is 0.335 e. The van der Waals surface area contributed by atoms with E-state index in [9.17, 15) is 13.6 Å². The molecule has 6 nitrogen and oxygen atoms in total. The van der Waals surface area contributed by atoms with Crippen LogP contribution < -0.4 is 4.31 Å². The molecule has 1 atom stereocenters. The second-order valence-corrected chi connectivity index (χ2v) is 4.35. The molecule has 2 rings (SSSR count). The van der Waals surface area contributed by atoms with Crippen molar-refractivity contribution in [1.82, 2.24) is 4.98 Å². The molecule has 0 spiro atoms. The molecule has 1 unspecified atom stereocenters. The first-order valence-corrected chi connectivity index (χ1v) is 6.26. The second-order valence-electron chi connectivity index (χ2n) is 3.55. The topological polar surface area (TPSA) is 93.6 Å². The minimum Gasteiger partial charge on any atom is -0.755 e. The third-order valence-electron chi connectivity index (χ3n) is 2.36. The number of carbonyl (C=O) groups is 1. The predicted molar refractivity (Wildman–Crippen MR) is 68.7 cm³/mol. The van der Waals surface area contributed by atoms with Crippen LogP contribution in [0.4, 0.5) is 11.5 Å². The van der Waals surface area contributed by atoms with E-state index in [2.05, 4.69) is 4.98 Å². The van der Waals surface area contributed by atoms with Gasteiger partial charge in [0.15, 0.2) is 0 Å². The van der Waals surface area contributed by atoms with Crippen LogP contribution in [0.15, 0.2) is 48.7 Å². The molecule has 0 fully saturated rings. The van der Waals surface area contributed by atoms with Gasteiger partial charge in [0.1, 0.15) is 5.82 Å². The van der Waals surface area contributed by atoms with E-state index in [0.29, 0.717) is 5.69 Å². The van der Waals surface area contributed by atoms with Crippen LogP contribution in [-0.4, -0.2) is 24.8 Å². The molecule has 1 heterocycles. The van der Waals surface area contributed by atoms with E-state index in [1.807, 2.05) is 0 Å². The molecule has 0 aliphatic heterocycles. The smallest absolute Gasteiger partial charge is 0.335 e. The Kier molecular flexibility index (Phi) is 3.88. The second kappa shape index (κ2) is 5.59. The molecule has 7 heteroatoms. The highest BCUT2D eigenvalue weighted by Crippen LogP contribution is 2.24. The first-order chi connectivity index (χ1) is 9.09. The molecule has 0 amide bonds. The summed E-state index contributed by atoms with van der Waals surface area (Å²) in [4.78, 5) is 14.7. The molecule has 0 radical (unpaired) electrons. The Bertz CT molecular complexity index is 601. The number of benzene rings is 1. The molecule has 98 valence electrons. The van der Waals surface area contributed by atoms with Gasteiger partial charge in [0.2, 0.25) is 0 Å². The number of carboxylic acids is 1. The van der Waals surface area contributed by atoms with E-state index < -0.39 is 17.2 Å². The lowest BCUT2D eigenvalue weighted by molar-refractivity contribution is 0.0697. The highest BCUT2D eigenvalue weighted by Gasteiger charge is 2.12. The van der Waals surface area contributed by atoms with Crippen LogP contribution in [0, 0.1) is 0 Å². The fourth-order valence-electron chi connectivity index (χ4n) is 1.51. The molecule has 0 aliphatic rings. The van der Waals surface area contributed by atoms with Gasteiger partial charge in [-0.2, -0.15) is 0 Å². The first kappa shape index (κ1) is 13.2. The number of pyridine rings is 1. The normalized spacial score (nSPS) is 11.8. The molecular weight excluding hydrogens is 268 g/mol. The summed E-state index contributed by atoms with van der Waals surface area (Å²) in [5, 5.41) is 8.79. The summed E-state index contributed by atoms with van der Waals surface area (Å²) in [6, 6.07) is 10.4. The third-order valence-corrected chi connectivity index (χ3v) is 3.05. The maximum absolute atomic E-state index is 11.3. The maximum atomic E-state index is 11.3. The van der Waals surface area contributed by atoms with Gasteiger partial charge < -0.3 is 9.66 Å². The van der Waals surface area contributed by atoms with Crippen molar-refractivity contribution < 1.29 is 18.7 Å². The average molecular weight is 277 g/mol. The van der Waals surface area contributed by atoms with E-state index in [1.165, 1.54) is 30.5 Å². The summed E-state index contributed by atoms with van der Waals surface area (Å²) in [5.41, 5.74) is 0.401. The SMILES string of the molecule is O=C(O)c1ccc(N(c2ccccn2)S(=O)[O-])cc1. The van der Waals surface area contributed by atoms with Gasteiger partial charge in [-0.1, -0.05) is 6.07 Å². The van der Waals surface area contributed by atoms with Gasteiger partial charge in [0.05, 0.1) is 22.5 Å². The number of rotatable bonds is 4. The van der Waals surface area contributed by atoms with E-state index in [-0.39, 0.29) is 11.4 Å². The number of nitrogens with zero attached hydrogens (tertiary/aromatic N) is 2. The van der Waals surface area contributed by atoms with Gasteiger partial charge in [0, 0.05) is 6.20 Å². The summed E-state index contributed by atoms with van der Waals surface area (Å²) in [6.45, 7) is 0. The quantitative estimate of drug-likeness (QED) is 0.859. The Morgan fingerprint density at radius 3 is 2.37 bits per heavy atom. The van der Waals surface area contributed by atoms with Crippen LogP contribution in [0.25, 0.3) is 0 Å². The first-order valence-electron chi connectivity index (χ1n) is 5.23. The Morgan fingerprint density at radius 2 is 1.89 bits per heavy atom. The van der Waals surface area contributed by atoms with Crippen LogP contribution in [0.1, 0.15) is 10.4 Å². The Labute approximate surface area is 111 Å². The van der Waals surface area contributed by atoms with Gasteiger partial charge >= 0.3 is 5.97 Å². The fourth-order valence-corrected chi connectivity index (χ4v) is 2.06. The molecule has 0 saturated heterocycles. The van der Waals surface area contributed by atoms with Crippen molar-refractivity contribution in [1.29, 1.82) is 0 Å². The monoisotopic (exact) mass is 277 g/mol. The van der Waals surface area contributed by atoms with Crippen molar-refractivity contribution in [3.8, 4) is 0 Å². The number of carboxylic acid groups (broad SMARTS) is 1. The highest BCUT2D eigenvalue weighted by atomic mass is 32.2. The van der Waals surface area contributed by atoms with Crippen molar-refractivity contribution in [2.24, 2.45) is 0 Å². The summed E-state index contributed by atoms with van der Waals surface area (Å²) in [7, 11) is 0. The Hall–Kier alpha value is -2.25. The minimum absolute atomic E-state index is 0.0846. The van der Waals surface area contributed by atoms with Crippen molar-refractivity contribution in [2.45, 2.75) is 0 Å². The van der Waals surface area contributed by atoms with Crippen LogP contribution in [0.2, 0.25) is 0 Å².